The molecule has 4 aliphatic rings. The van der Waals surface area contributed by atoms with Gasteiger partial charge in [-0.05, 0) is 38.8 Å². The number of rotatable bonds is 4. The smallest absolute Gasteiger partial charge is 0.282 e. The van der Waals surface area contributed by atoms with Crippen LogP contribution >= 0.6 is 0 Å². The molecule has 3 heterocycles. The molecule has 8 nitrogen and oxygen atoms in total. The van der Waals surface area contributed by atoms with Crippen LogP contribution < -0.4 is 5.56 Å². The molecule has 8 heteroatoms. The fraction of sp³-hybridized carbons (Fsp3) is 0.462. The summed E-state index contributed by atoms with van der Waals surface area (Å²) in [7, 11) is 0. The maximum atomic E-state index is 13.6. The molecule has 0 aromatic heterocycles. The summed E-state index contributed by atoms with van der Waals surface area (Å²) in [6.07, 6.45) is 7.81. The number of nitrogens with zero attached hydrogens (tertiary/aromatic N) is 5. The molecule has 0 atom stereocenters. The van der Waals surface area contributed by atoms with Crippen LogP contribution in [0.1, 0.15) is 55.9 Å². The van der Waals surface area contributed by atoms with Crippen molar-refractivity contribution in [1.29, 1.82) is 0 Å². The third kappa shape index (κ3) is 4.02. The highest BCUT2D eigenvalue weighted by molar-refractivity contribution is 6.00. The minimum atomic E-state index is -0.239. The minimum Gasteiger partial charge on any atom is -0.350 e. The van der Waals surface area contributed by atoms with Gasteiger partial charge in [-0.1, -0.05) is 31.0 Å². The van der Waals surface area contributed by atoms with E-state index in [1.165, 1.54) is 4.68 Å². The van der Waals surface area contributed by atoms with Crippen molar-refractivity contribution >= 4 is 11.8 Å². The van der Waals surface area contributed by atoms with Gasteiger partial charge >= 0.3 is 0 Å². The van der Waals surface area contributed by atoms with Crippen LogP contribution in [0.15, 0.2) is 47.5 Å². The van der Waals surface area contributed by atoms with Crippen LogP contribution in [0.2, 0.25) is 0 Å². The molecule has 1 aromatic rings. The molecule has 5 rings (SSSR count). The number of carbonyl (C=O) groups excluding carboxylic acids is 2. The van der Waals surface area contributed by atoms with E-state index in [4.69, 9.17) is 0 Å². The molecule has 0 N–H and O–H groups in total. The van der Waals surface area contributed by atoms with E-state index in [1.807, 2.05) is 53.6 Å². The largest absolute Gasteiger partial charge is 0.350 e. The van der Waals surface area contributed by atoms with E-state index in [1.54, 1.807) is 17.3 Å². The average molecular weight is 462 g/mol. The van der Waals surface area contributed by atoms with Crippen molar-refractivity contribution in [3.8, 4) is 16.9 Å². The van der Waals surface area contributed by atoms with E-state index in [-0.39, 0.29) is 29.3 Å². The zero-order valence-corrected chi connectivity index (χ0v) is 19.8. The molecule has 0 bridgehead atoms. The van der Waals surface area contributed by atoms with Gasteiger partial charge in [-0.15, -0.1) is 0 Å². The summed E-state index contributed by atoms with van der Waals surface area (Å²) in [5.74, 6) is 0.242. The first-order valence-electron chi connectivity index (χ1n) is 12.2. The first-order valence-corrected chi connectivity index (χ1v) is 12.2. The van der Waals surface area contributed by atoms with Gasteiger partial charge in [-0.2, -0.15) is 9.78 Å². The monoisotopic (exact) mass is 461 g/mol. The normalized spacial score (nSPS) is 17.1. The van der Waals surface area contributed by atoms with Gasteiger partial charge in [0.2, 0.25) is 5.91 Å². The van der Waals surface area contributed by atoms with Crippen molar-refractivity contribution in [2.24, 2.45) is 5.92 Å². The Morgan fingerprint density at radius 3 is 2.24 bits per heavy atom. The molecule has 0 unspecified atom stereocenters. The predicted molar refractivity (Wildman–Crippen MR) is 129 cm³/mol. The molecule has 1 saturated heterocycles. The van der Waals surface area contributed by atoms with Gasteiger partial charge < -0.3 is 14.4 Å². The number of aromatic nitrogens is 3. The summed E-state index contributed by atoms with van der Waals surface area (Å²) in [5.41, 5.74) is 1.70. The Balaban J connectivity index is 1.44. The summed E-state index contributed by atoms with van der Waals surface area (Å²) >= 11 is 0. The number of hydrogen-bond acceptors (Lipinski definition) is 4. The summed E-state index contributed by atoms with van der Waals surface area (Å²) in [4.78, 5) is 43.3. The van der Waals surface area contributed by atoms with Gasteiger partial charge in [-0.3, -0.25) is 14.4 Å². The van der Waals surface area contributed by atoms with E-state index < -0.39 is 0 Å². The summed E-state index contributed by atoms with van der Waals surface area (Å²) in [5, 5.41) is 4.57. The first-order chi connectivity index (χ1) is 16.4. The van der Waals surface area contributed by atoms with Crippen LogP contribution in [0.25, 0.3) is 16.9 Å². The maximum Gasteiger partial charge on any atom is 0.282 e. The Hall–Kier alpha value is -3.42. The quantitative estimate of drug-likeness (QED) is 0.598. The van der Waals surface area contributed by atoms with Crippen molar-refractivity contribution in [3.63, 3.8) is 0 Å². The molecule has 2 fully saturated rings. The number of fused-ring (bicyclic) bond motifs is 1. The SMILES string of the molecule is CC(C)n1cc(C(=O)N2CCN(C(=O)C3CCCC3)CC2)c2nn(-c3ccccc3)c(=O)c-2c1. The van der Waals surface area contributed by atoms with Gasteiger partial charge in [0.25, 0.3) is 11.5 Å². The summed E-state index contributed by atoms with van der Waals surface area (Å²) in [6, 6.07) is 9.33. The number of piperazine rings is 1. The molecule has 34 heavy (non-hydrogen) atoms. The van der Waals surface area contributed by atoms with E-state index >= 15 is 0 Å². The second-order valence-electron chi connectivity index (χ2n) is 9.63. The maximum absolute atomic E-state index is 13.6. The molecular formula is C26H31N5O3. The van der Waals surface area contributed by atoms with E-state index in [0.29, 0.717) is 48.7 Å². The lowest BCUT2D eigenvalue weighted by atomic mass is 10.1. The lowest BCUT2D eigenvalue weighted by molar-refractivity contribution is -0.136. The number of amides is 2. The van der Waals surface area contributed by atoms with Crippen LogP contribution in [-0.2, 0) is 4.79 Å². The van der Waals surface area contributed by atoms with Gasteiger partial charge in [0.05, 0.1) is 16.8 Å². The minimum absolute atomic E-state index is 0.0799. The zero-order valence-electron chi connectivity index (χ0n) is 19.8. The Morgan fingerprint density at radius 1 is 0.941 bits per heavy atom. The highest BCUT2D eigenvalue weighted by Crippen LogP contribution is 2.28. The Morgan fingerprint density at radius 2 is 1.59 bits per heavy atom. The van der Waals surface area contributed by atoms with E-state index in [2.05, 4.69) is 5.10 Å². The molecule has 0 radical (unpaired) electrons. The van der Waals surface area contributed by atoms with Crippen LogP contribution in [0.5, 0.6) is 0 Å². The van der Waals surface area contributed by atoms with Crippen molar-refractivity contribution in [2.45, 2.75) is 45.6 Å². The fourth-order valence-corrected chi connectivity index (χ4v) is 5.06. The Bertz CT molecular complexity index is 1210. The number of carbonyl (C=O) groups is 2. The molecule has 1 aliphatic carbocycles. The molecule has 1 saturated carbocycles. The summed E-state index contributed by atoms with van der Waals surface area (Å²) in [6.45, 7) is 6.09. The number of benzene rings is 1. The Kier molecular flexibility index (Phi) is 5.98. The molecule has 0 spiro atoms. The first kappa shape index (κ1) is 22.4. The third-order valence-corrected chi connectivity index (χ3v) is 7.10. The second-order valence-corrected chi connectivity index (χ2v) is 9.63. The molecule has 2 amide bonds. The van der Waals surface area contributed by atoms with Gasteiger partial charge in [0, 0.05) is 50.5 Å². The van der Waals surface area contributed by atoms with Gasteiger partial charge in [0.1, 0.15) is 5.69 Å². The molecule has 178 valence electrons. The van der Waals surface area contributed by atoms with E-state index in [9.17, 15) is 14.4 Å². The van der Waals surface area contributed by atoms with Crippen LogP contribution in [-0.4, -0.2) is 62.1 Å². The fourth-order valence-electron chi connectivity index (χ4n) is 5.06. The Labute approximate surface area is 199 Å². The van der Waals surface area contributed by atoms with Gasteiger partial charge in [-0.25, -0.2) is 0 Å². The summed E-state index contributed by atoms with van der Waals surface area (Å²) < 4.78 is 3.26. The lowest BCUT2D eigenvalue weighted by Crippen LogP contribution is -2.51. The van der Waals surface area contributed by atoms with Crippen LogP contribution in [0.3, 0.4) is 0 Å². The molecule has 1 aromatic carbocycles. The van der Waals surface area contributed by atoms with Gasteiger partial charge in [0.15, 0.2) is 0 Å². The van der Waals surface area contributed by atoms with Crippen molar-refractivity contribution in [1.82, 2.24) is 24.1 Å². The molecule has 3 aliphatic heterocycles. The number of para-hydroxylation sites is 1. The van der Waals surface area contributed by atoms with Crippen molar-refractivity contribution in [3.05, 3.63) is 58.6 Å². The van der Waals surface area contributed by atoms with Crippen LogP contribution in [0.4, 0.5) is 0 Å². The molecular weight excluding hydrogens is 430 g/mol. The van der Waals surface area contributed by atoms with Crippen molar-refractivity contribution in [2.75, 3.05) is 26.2 Å². The van der Waals surface area contributed by atoms with Crippen molar-refractivity contribution < 1.29 is 9.59 Å². The highest BCUT2D eigenvalue weighted by Gasteiger charge is 2.33. The zero-order chi connectivity index (χ0) is 23.8. The standard InChI is InChI=1S/C26H31N5O3/c1-18(2)30-16-21(23-22(17-30)26(34)31(27-23)20-10-4-3-5-11-20)25(33)29-14-12-28(13-15-29)24(32)19-8-6-7-9-19/h3-5,10-11,16-19H,6-9,12-15H2,1-2H3. The second kappa shape index (κ2) is 9.08. The predicted octanol–water partition coefficient (Wildman–Crippen LogP) is 3.19. The number of hydrogen-bond donors (Lipinski definition) is 0. The average Bonchev–Trinajstić information content (AvgIpc) is 3.52. The topological polar surface area (TPSA) is 80.4 Å². The third-order valence-electron chi connectivity index (χ3n) is 7.10. The lowest BCUT2D eigenvalue weighted by Gasteiger charge is -2.36. The highest BCUT2D eigenvalue weighted by atomic mass is 16.2. The van der Waals surface area contributed by atoms with E-state index in [0.717, 1.165) is 25.7 Å². The number of pyridine rings is 1. The van der Waals surface area contributed by atoms with Crippen LogP contribution in [0, 0.1) is 5.92 Å².